The number of aliphatic hydroxyl groups excluding tert-OH is 1. The Morgan fingerprint density at radius 3 is 2.25 bits per heavy atom. The number of fused-ring (bicyclic) bond motifs is 1. The second-order valence-electron chi connectivity index (χ2n) is 6.50. The summed E-state index contributed by atoms with van der Waals surface area (Å²) in [5, 5.41) is 12.8. The maximum absolute atomic E-state index is 12.3. The molecule has 3 rings (SSSR count). The van der Waals surface area contributed by atoms with Gasteiger partial charge in [-0.3, -0.25) is 19.3 Å². The van der Waals surface area contributed by atoms with Crippen LogP contribution in [0, 0.1) is 0 Å². The average Bonchev–Trinajstić information content (AvgIpc) is 2.97. The van der Waals surface area contributed by atoms with Gasteiger partial charge in [-0.15, -0.1) is 0 Å². The Hall–Kier alpha value is -3.19. The molecule has 7 heteroatoms. The first-order chi connectivity index (χ1) is 13.5. The van der Waals surface area contributed by atoms with Gasteiger partial charge in [0, 0.05) is 19.5 Å². The van der Waals surface area contributed by atoms with Crippen molar-refractivity contribution in [3.63, 3.8) is 0 Å². The van der Waals surface area contributed by atoms with Gasteiger partial charge >= 0.3 is 0 Å². The van der Waals surface area contributed by atoms with Gasteiger partial charge in [-0.1, -0.05) is 24.3 Å². The Morgan fingerprint density at radius 2 is 1.68 bits per heavy atom. The number of ether oxygens (including phenoxy) is 1. The van der Waals surface area contributed by atoms with Crippen molar-refractivity contribution in [1.29, 1.82) is 0 Å². The third-order valence-corrected chi connectivity index (χ3v) is 4.66. The van der Waals surface area contributed by atoms with E-state index in [0.29, 0.717) is 28.9 Å². The van der Waals surface area contributed by atoms with Crippen LogP contribution in [-0.4, -0.2) is 47.9 Å². The minimum Gasteiger partial charge on any atom is -0.497 e. The number of rotatable bonds is 8. The van der Waals surface area contributed by atoms with Crippen LogP contribution in [0.15, 0.2) is 48.5 Å². The molecule has 1 unspecified atom stereocenters. The fourth-order valence-corrected chi connectivity index (χ4v) is 3.08. The molecule has 0 saturated heterocycles. The number of hydrogen-bond donors (Lipinski definition) is 2. The summed E-state index contributed by atoms with van der Waals surface area (Å²) in [5.41, 5.74) is 1.48. The SMILES string of the molecule is COc1ccc(C(O)CNC(=O)CCCN2C(=O)c3ccccc3C2=O)cc1. The normalized spacial score (nSPS) is 14.0. The highest BCUT2D eigenvalue weighted by Gasteiger charge is 2.34. The van der Waals surface area contributed by atoms with E-state index >= 15 is 0 Å². The highest BCUT2D eigenvalue weighted by atomic mass is 16.5. The van der Waals surface area contributed by atoms with Crippen LogP contribution in [0.25, 0.3) is 0 Å². The number of imide groups is 1. The van der Waals surface area contributed by atoms with Crippen molar-refractivity contribution < 1.29 is 24.2 Å². The Morgan fingerprint density at radius 1 is 1.07 bits per heavy atom. The zero-order valence-corrected chi connectivity index (χ0v) is 15.6. The quantitative estimate of drug-likeness (QED) is 0.680. The first-order valence-electron chi connectivity index (χ1n) is 9.05. The molecule has 2 aromatic rings. The third kappa shape index (κ3) is 4.20. The molecule has 1 heterocycles. The lowest BCUT2D eigenvalue weighted by Crippen LogP contribution is -2.32. The summed E-state index contributed by atoms with van der Waals surface area (Å²) in [6.45, 7) is 0.263. The zero-order chi connectivity index (χ0) is 20.1. The largest absolute Gasteiger partial charge is 0.497 e. The van der Waals surface area contributed by atoms with Crippen LogP contribution >= 0.6 is 0 Å². The lowest BCUT2D eigenvalue weighted by atomic mass is 10.1. The minimum atomic E-state index is -0.828. The summed E-state index contributed by atoms with van der Waals surface area (Å²) in [5.74, 6) is -0.204. The zero-order valence-electron chi connectivity index (χ0n) is 15.6. The van der Waals surface area contributed by atoms with Gasteiger partial charge in [-0.25, -0.2) is 0 Å². The van der Waals surface area contributed by atoms with Crippen molar-refractivity contribution in [2.75, 3.05) is 20.2 Å². The molecule has 0 aliphatic carbocycles. The Bertz CT molecular complexity index is 844. The predicted molar refractivity (Wildman–Crippen MR) is 102 cm³/mol. The minimum absolute atomic E-state index is 0.0815. The number of benzene rings is 2. The van der Waals surface area contributed by atoms with Gasteiger partial charge < -0.3 is 15.2 Å². The molecule has 1 atom stereocenters. The molecule has 0 radical (unpaired) electrons. The first kappa shape index (κ1) is 19.6. The highest BCUT2D eigenvalue weighted by Crippen LogP contribution is 2.22. The topological polar surface area (TPSA) is 95.9 Å². The van der Waals surface area contributed by atoms with E-state index in [9.17, 15) is 19.5 Å². The molecule has 1 aliphatic rings. The molecule has 0 fully saturated rings. The molecule has 0 saturated carbocycles. The van der Waals surface area contributed by atoms with Gasteiger partial charge in [0.2, 0.25) is 5.91 Å². The fraction of sp³-hybridized carbons (Fsp3) is 0.286. The van der Waals surface area contributed by atoms with Crippen LogP contribution in [0.3, 0.4) is 0 Å². The Kier molecular flexibility index (Phi) is 6.06. The van der Waals surface area contributed by atoms with Crippen LogP contribution in [0.1, 0.15) is 45.2 Å². The third-order valence-electron chi connectivity index (χ3n) is 4.66. The summed E-state index contributed by atoms with van der Waals surface area (Å²) in [6.07, 6.45) is -0.315. The van der Waals surface area contributed by atoms with Gasteiger partial charge in [-0.05, 0) is 36.2 Å². The molecule has 2 N–H and O–H groups in total. The second-order valence-corrected chi connectivity index (χ2v) is 6.50. The predicted octanol–water partition coefficient (Wildman–Crippen LogP) is 1.92. The molecule has 0 bridgehead atoms. The van der Waals surface area contributed by atoms with Crippen molar-refractivity contribution in [2.24, 2.45) is 0 Å². The summed E-state index contributed by atoms with van der Waals surface area (Å²) < 4.78 is 5.07. The molecular formula is C21H22N2O5. The Labute approximate surface area is 162 Å². The number of amides is 3. The van der Waals surface area contributed by atoms with Crippen molar-refractivity contribution in [3.05, 3.63) is 65.2 Å². The van der Waals surface area contributed by atoms with Crippen molar-refractivity contribution in [1.82, 2.24) is 10.2 Å². The van der Waals surface area contributed by atoms with Gasteiger partial charge in [0.1, 0.15) is 5.75 Å². The number of nitrogens with zero attached hydrogens (tertiary/aromatic N) is 1. The van der Waals surface area contributed by atoms with Crippen LogP contribution < -0.4 is 10.1 Å². The number of nitrogens with one attached hydrogen (secondary N) is 1. The van der Waals surface area contributed by atoms with E-state index in [2.05, 4.69) is 5.32 Å². The number of methoxy groups -OCH3 is 1. The van der Waals surface area contributed by atoms with Gasteiger partial charge in [0.25, 0.3) is 11.8 Å². The molecular weight excluding hydrogens is 360 g/mol. The van der Waals surface area contributed by atoms with Crippen molar-refractivity contribution in [3.8, 4) is 5.75 Å². The number of aliphatic hydroxyl groups is 1. The summed E-state index contributed by atoms with van der Waals surface area (Å²) in [4.78, 5) is 37.7. The average molecular weight is 382 g/mol. The Balaban J connectivity index is 1.42. The molecule has 28 heavy (non-hydrogen) atoms. The lowest BCUT2D eigenvalue weighted by Gasteiger charge is -2.15. The standard InChI is InChI=1S/C21H22N2O5/c1-28-15-10-8-14(9-11-15)18(24)13-22-19(25)7-4-12-23-20(26)16-5-2-3-6-17(16)21(23)27/h2-3,5-6,8-11,18,24H,4,7,12-13H2,1H3,(H,22,25). The maximum Gasteiger partial charge on any atom is 0.261 e. The lowest BCUT2D eigenvalue weighted by molar-refractivity contribution is -0.121. The van der Waals surface area contributed by atoms with E-state index < -0.39 is 6.10 Å². The maximum atomic E-state index is 12.3. The van der Waals surface area contributed by atoms with Gasteiger partial charge in [0.15, 0.2) is 0 Å². The van der Waals surface area contributed by atoms with Gasteiger partial charge in [0.05, 0.1) is 24.3 Å². The van der Waals surface area contributed by atoms with Crippen LogP contribution in [-0.2, 0) is 4.79 Å². The fourth-order valence-electron chi connectivity index (χ4n) is 3.08. The molecule has 3 amide bonds. The van der Waals surface area contributed by atoms with Crippen LogP contribution in [0.4, 0.5) is 0 Å². The number of hydrogen-bond acceptors (Lipinski definition) is 5. The molecule has 2 aromatic carbocycles. The molecule has 7 nitrogen and oxygen atoms in total. The van der Waals surface area contributed by atoms with E-state index in [1.165, 1.54) is 4.90 Å². The number of carbonyl (C=O) groups is 3. The van der Waals surface area contributed by atoms with Crippen molar-refractivity contribution in [2.45, 2.75) is 18.9 Å². The number of carbonyl (C=O) groups excluding carboxylic acids is 3. The monoisotopic (exact) mass is 382 g/mol. The first-order valence-corrected chi connectivity index (χ1v) is 9.05. The summed E-state index contributed by atoms with van der Waals surface area (Å²) in [7, 11) is 1.56. The van der Waals surface area contributed by atoms with E-state index in [1.807, 2.05) is 0 Å². The van der Waals surface area contributed by atoms with Crippen molar-refractivity contribution >= 4 is 17.7 Å². The van der Waals surface area contributed by atoms with E-state index in [0.717, 1.165) is 0 Å². The van der Waals surface area contributed by atoms with E-state index in [4.69, 9.17) is 4.74 Å². The summed E-state index contributed by atoms with van der Waals surface area (Å²) in [6, 6.07) is 13.6. The molecule has 0 spiro atoms. The summed E-state index contributed by atoms with van der Waals surface area (Å²) >= 11 is 0. The van der Waals surface area contributed by atoms with Crippen LogP contribution in [0.2, 0.25) is 0 Å². The van der Waals surface area contributed by atoms with Gasteiger partial charge in [-0.2, -0.15) is 0 Å². The second kappa shape index (κ2) is 8.67. The smallest absolute Gasteiger partial charge is 0.261 e. The van der Waals surface area contributed by atoms with E-state index in [1.54, 1.807) is 55.6 Å². The molecule has 1 aliphatic heterocycles. The molecule has 0 aromatic heterocycles. The molecule has 146 valence electrons. The highest BCUT2D eigenvalue weighted by molar-refractivity contribution is 6.21. The van der Waals surface area contributed by atoms with Crippen LogP contribution in [0.5, 0.6) is 5.75 Å². The van der Waals surface area contributed by atoms with E-state index in [-0.39, 0.29) is 37.2 Å².